The number of sulfonamides is 1. The second kappa shape index (κ2) is 10.9. The van der Waals surface area contributed by atoms with Crippen molar-refractivity contribution < 1.29 is 13.2 Å². The van der Waals surface area contributed by atoms with Gasteiger partial charge in [-0.1, -0.05) is 30.3 Å². The molecule has 1 fully saturated rings. The highest BCUT2D eigenvalue weighted by Crippen LogP contribution is 2.33. The molecule has 0 atom stereocenters. The minimum atomic E-state index is -3.45. The van der Waals surface area contributed by atoms with Crippen LogP contribution in [0.4, 0.5) is 17.2 Å². The summed E-state index contributed by atoms with van der Waals surface area (Å²) in [5.41, 5.74) is 3.61. The second-order valence-corrected chi connectivity index (χ2v) is 11.3. The SMILES string of the molecule is CN1CCN(CCS(=O)(=O)Nc2ccc(-c3cnc4c(c3)N(C(=O)c3ccccc3)CCN4)cc2)CC1. The van der Waals surface area contributed by atoms with Crippen LogP contribution in [0.1, 0.15) is 10.4 Å². The number of hydrogen-bond donors (Lipinski definition) is 2. The third kappa shape index (κ3) is 6.10. The lowest BCUT2D eigenvalue weighted by molar-refractivity contribution is 0.0987. The van der Waals surface area contributed by atoms with Gasteiger partial charge in [-0.2, -0.15) is 0 Å². The van der Waals surface area contributed by atoms with Crippen molar-refractivity contribution in [1.82, 2.24) is 14.8 Å². The summed E-state index contributed by atoms with van der Waals surface area (Å²) in [6.45, 7) is 5.39. The molecule has 194 valence electrons. The van der Waals surface area contributed by atoms with Crippen molar-refractivity contribution in [2.45, 2.75) is 0 Å². The maximum atomic E-state index is 13.2. The molecule has 2 aliphatic rings. The molecule has 0 bridgehead atoms. The Kier molecular flexibility index (Phi) is 7.40. The van der Waals surface area contributed by atoms with E-state index in [9.17, 15) is 13.2 Å². The first kappa shape index (κ1) is 25.2. The summed E-state index contributed by atoms with van der Waals surface area (Å²) in [4.78, 5) is 23.9. The monoisotopic (exact) mass is 520 g/mol. The summed E-state index contributed by atoms with van der Waals surface area (Å²) in [6, 6.07) is 18.4. The Balaban J connectivity index is 1.27. The van der Waals surface area contributed by atoms with Crippen LogP contribution in [0.5, 0.6) is 0 Å². The molecule has 1 aromatic heterocycles. The fourth-order valence-electron chi connectivity index (χ4n) is 4.59. The van der Waals surface area contributed by atoms with Crippen LogP contribution in [0.15, 0.2) is 66.9 Å². The highest BCUT2D eigenvalue weighted by atomic mass is 32.2. The molecule has 0 spiro atoms. The molecule has 2 aliphatic heterocycles. The standard InChI is InChI=1S/C27H32N6O3S/c1-31-13-15-32(16-14-31)17-18-37(35,36)30-24-9-7-21(8-10-24)23-19-25-26(29-20-23)28-11-12-33(25)27(34)22-5-3-2-4-6-22/h2-10,19-20,30H,11-18H2,1H3,(H,28,29). The quantitative estimate of drug-likeness (QED) is 0.494. The highest BCUT2D eigenvalue weighted by molar-refractivity contribution is 7.92. The minimum Gasteiger partial charge on any atom is -0.367 e. The minimum absolute atomic E-state index is 0.0610. The zero-order chi connectivity index (χ0) is 25.8. The van der Waals surface area contributed by atoms with E-state index < -0.39 is 10.0 Å². The number of benzene rings is 2. The van der Waals surface area contributed by atoms with Crippen molar-refractivity contribution in [3.8, 4) is 11.1 Å². The molecule has 1 saturated heterocycles. The molecule has 1 amide bonds. The van der Waals surface area contributed by atoms with Gasteiger partial charge in [-0.15, -0.1) is 0 Å². The van der Waals surface area contributed by atoms with Crippen molar-refractivity contribution in [2.75, 3.05) is 73.6 Å². The van der Waals surface area contributed by atoms with Gasteiger partial charge >= 0.3 is 0 Å². The Morgan fingerprint density at radius 2 is 1.70 bits per heavy atom. The van der Waals surface area contributed by atoms with Crippen LogP contribution in [-0.4, -0.2) is 87.7 Å². The van der Waals surface area contributed by atoms with Gasteiger partial charge in [-0.3, -0.25) is 14.4 Å². The van der Waals surface area contributed by atoms with Crippen molar-refractivity contribution in [1.29, 1.82) is 0 Å². The fourth-order valence-corrected chi connectivity index (χ4v) is 5.68. The number of carbonyl (C=O) groups is 1. The number of aromatic nitrogens is 1. The van der Waals surface area contributed by atoms with E-state index >= 15 is 0 Å². The van der Waals surface area contributed by atoms with Gasteiger partial charge in [0, 0.05) is 68.8 Å². The third-order valence-corrected chi connectivity index (χ3v) is 8.08. The first-order chi connectivity index (χ1) is 17.9. The highest BCUT2D eigenvalue weighted by Gasteiger charge is 2.25. The zero-order valence-corrected chi connectivity index (χ0v) is 21.7. The number of amides is 1. The zero-order valence-electron chi connectivity index (χ0n) is 20.9. The summed E-state index contributed by atoms with van der Waals surface area (Å²) < 4.78 is 28.0. The number of hydrogen-bond acceptors (Lipinski definition) is 7. The number of nitrogens with zero attached hydrogens (tertiary/aromatic N) is 4. The van der Waals surface area contributed by atoms with E-state index in [1.165, 1.54) is 0 Å². The average molecular weight is 521 g/mol. The Hall–Kier alpha value is -3.47. The Labute approximate surface area is 218 Å². The summed E-state index contributed by atoms with van der Waals surface area (Å²) in [7, 11) is -1.37. The number of carbonyl (C=O) groups excluding carboxylic acids is 1. The maximum absolute atomic E-state index is 13.2. The number of pyridine rings is 1. The van der Waals surface area contributed by atoms with E-state index in [-0.39, 0.29) is 11.7 Å². The topological polar surface area (TPSA) is 97.9 Å². The van der Waals surface area contributed by atoms with Crippen molar-refractivity contribution in [3.05, 3.63) is 72.4 Å². The first-order valence-electron chi connectivity index (χ1n) is 12.5. The van der Waals surface area contributed by atoms with Gasteiger partial charge in [0.15, 0.2) is 0 Å². The molecular weight excluding hydrogens is 488 g/mol. The van der Waals surface area contributed by atoms with E-state index in [1.807, 2.05) is 48.5 Å². The lowest BCUT2D eigenvalue weighted by atomic mass is 10.1. The van der Waals surface area contributed by atoms with E-state index in [0.29, 0.717) is 36.7 Å². The molecule has 9 nitrogen and oxygen atoms in total. The number of anilines is 3. The van der Waals surface area contributed by atoms with Crippen LogP contribution < -0.4 is 14.9 Å². The van der Waals surface area contributed by atoms with Crippen LogP contribution in [0.2, 0.25) is 0 Å². The largest absolute Gasteiger partial charge is 0.367 e. The average Bonchev–Trinajstić information content (AvgIpc) is 2.92. The van der Waals surface area contributed by atoms with E-state index in [2.05, 4.69) is 31.9 Å². The molecule has 2 aromatic carbocycles. The predicted octanol–water partition coefficient (Wildman–Crippen LogP) is 2.81. The fraction of sp³-hybridized carbons (Fsp3) is 0.333. The maximum Gasteiger partial charge on any atom is 0.258 e. The number of rotatable bonds is 7. The van der Waals surface area contributed by atoms with Crippen LogP contribution in [0.3, 0.4) is 0 Å². The van der Waals surface area contributed by atoms with Crippen LogP contribution >= 0.6 is 0 Å². The molecule has 3 aromatic rings. The molecule has 0 radical (unpaired) electrons. The van der Waals surface area contributed by atoms with Crippen molar-refractivity contribution in [2.24, 2.45) is 0 Å². The Morgan fingerprint density at radius 1 is 0.973 bits per heavy atom. The number of piperazine rings is 1. The van der Waals surface area contributed by atoms with Gasteiger partial charge in [-0.25, -0.2) is 13.4 Å². The van der Waals surface area contributed by atoms with Gasteiger partial charge in [0.05, 0.1) is 11.4 Å². The lowest BCUT2D eigenvalue weighted by Crippen LogP contribution is -2.46. The van der Waals surface area contributed by atoms with Gasteiger partial charge in [0.25, 0.3) is 5.91 Å². The predicted molar refractivity (Wildman–Crippen MR) is 148 cm³/mol. The molecule has 2 N–H and O–H groups in total. The Morgan fingerprint density at radius 3 is 2.43 bits per heavy atom. The van der Waals surface area contributed by atoms with E-state index in [0.717, 1.165) is 43.0 Å². The molecule has 0 saturated carbocycles. The van der Waals surface area contributed by atoms with Crippen molar-refractivity contribution >= 4 is 33.1 Å². The molecule has 3 heterocycles. The molecule has 0 unspecified atom stereocenters. The summed E-state index contributed by atoms with van der Waals surface area (Å²) in [5.74, 6) is 0.665. The van der Waals surface area contributed by atoms with Gasteiger partial charge in [0.1, 0.15) is 5.82 Å². The number of likely N-dealkylation sites (N-methyl/N-ethyl adjacent to an activating group) is 1. The molecule has 5 rings (SSSR count). The lowest BCUT2D eigenvalue weighted by Gasteiger charge is -2.32. The smallest absolute Gasteiger partial charge is 0.258 e. The van der Waals surface area contributed by atoms with E-state index in [4.69, 9.17) is 0 Å². The van der Waals surface area contributed by atoms with Crippen LogP contribution in [-0.2, 0) is 10.0 Å². The second-order valence-electron chi connectivity index (χ2n) is 9.48. The molecular formula is C27H32N6O3S. The van der Waals surface area contributed by atoms with Gasteiger partial charge in [-0.05, 0) is 42.9 Å². The summed E-state index contributed by atoms with van der Waals surface area (Å²) in [6.07, 6.45) is 1.76. The molecule has 0 aliphatic carbocycles. The summed E-state index contributed by atoms with van der Waals surface area (Å²) >= 11 is 0. The van der Waals surface area contributed by atoms with Gasteiger partial charge < -0.3 is 15.1 Å². The normalized spacial score (nSPS) is 16.6. The molecule has 37 heavy (non-hydrogen) atoms. The van der Waals surface area contributed by atoms with Crippen LogP contribution in [0.25, 0.3) is 11.1 Å². The third-order valence-electron chi connectivity index (χ3n) is 6.82. The Bertz CT molecular complexity index is 1340. The number of fused-ring (bicyclic) bond motifs is 1. The van der Waals surface area contributed by atoms with Gasteiger partial charge in [0.2, 0.25) is 10.0 Å². The first-order valence-corrected chi connectivity index (χ1v) is 14.2. The van der Waals surface area contributed by atoms with Crippen LogP contribution in [0, 0.1) is 0 Å². The summed E-state index contributed by atoms with van der Waals surface area (Å²) in [5, 5.41) is 3.26. The molecule has 10 heteroatoms. The van der Waals surface area contributed by atoms with Crippen molar-refractivity contribution in [3.63, 3.8) is 0 Å². The number of nitrogens with one attached hydrogen (secondary N) is 2. The van der Waals surface area contributed by atoms with E-state index in [1.54, 1.807) is 23.2 Å².